The van der Waals surface area contributed by atoms with E-state index >= 15 is 0 Å². The molecular formula is C5H5F2N3. The highest BCUT2D eigenvalue weighted by atomic mass is 19.1. The zero-order valence-electron chi connectivity index (χ0n) is 4.94. The number of rotatable bonds is 1. The van der Waals surface area contributed by atoms with Crippen molar-refractivity contribution in [2.75, 3.05) is 5.43 Å². The minimum absolute atomic E-state index is 0.0301. The maximum atomic E-state index is 12.2. The highest BCUT2D eigenvalue weighted by Crippen LogP contribution is 2.05. The number of hydrogen-bond donors (Lipinski definition) is 2. The molecule has 0 aromatic carbocycles. The molecule has 0 fully saturated rings. The molecular weight excluding hydrogens is 140 g/mol. The molecule has 54 valence electrons. The zero-order chi connectivity index (χ0) is 7.56. The fraction of sp³-hybridized carbons (Fsp3) is 0. The van der Waals surface area contributed by atoms with Crippen molar-refractivity contribution in [3.63, 3.8) is 0 Å². The van der Waals surface area contributed by atoms with Crippen LogP contribution in [0.1, 0.15) is 0 Å². The number of hydrogen-bond acceptors (Lipinski definition) is 3. The lowest BCUT2D eigenvalue weighted by Crippen LogP contribution is -2.09. The molecule has 5 heteroatoms. The number of nitrogen functional groups attached to an aromatic ring is 1. The average Bonchev–Trinajstić information content (AvgIpc) is 1.85. The molecule has 10 heavy (non-hydrogen) atoms. The molecule has 0 atom stereocenters. The van der Waals surface area contributed by atoms with Gasteiger partial charge in [0.05, 0.1) is 0 Å². The van der Waals surface area contributed by atoms with E-state index in [1.807, 2.05) is 5.43 Å². The summed E-state index contributed by atoms with van der Waals surface area (Å²) in [6.07, 6.45) is 0. The average molecular weight is 145 g/mol. The van der Waals surface area contributed by atoms with E-state index in [0.29, 0.717) is 6.07 Å². The molecule has 0 aliphatic rings. The van der Waals surface area contributed by atoms with Gasteiger partial charge in [-0.2, -0.15) is 4.39 Å². The second kappa shape index (κ2) is 2.57. The van der Waals surface area contributed by atoms with Crippen LogP contribution >= 0.6 is 0 Å². The van der Waals surface area contributed by atoms with Crippen molar-refractivity contribution in [3.8, 4) is 0 Å². The van der Waals surface area contributed by atoms with Gasteiger partial charge < -0.3 is 5.43 Å². The Morgan fingerprint density at radius 1 is 1.40 bits per heavy atom. The molecule has 0 spiro atoms. The molecule has 1 rings (SSSR count). The maximum Gasteiger partial charge on any atom is 0.217 e. The van der Waals surface area contributed by atoms with Gasteiger partial charge in [0.15, 0.2) is 0 Å². The van der Waals surface area contributed by atoms with Crippen molar-refractivity contribution in [3.05, 3.63) is 23.9 Å². The first-order valence-electron chi connectivity index (χ1n) is 2.52. The molecule has 0 saturated carbocycles. The number of hydrazine groups is 1. The smallest absolute Gasteiger partial charge is 0.217 e. The molecule has 3 nitrogen and oxygen atoms in total. The van der Waals surface area contributed by atoms with E-state index in [1.54, 1.807) is 0 Å². The van der Waals surface area contributed by atoms with E-state index < -0.39 is 11.8 Å². The summed E-state index contributed by atoms with van der Waals surface area (Å²) in [6.45, 7) is 0. The van der Waals surface area contributed by atoms with Gasteiger partial charge in [0.2, 0.25) is 5.95 Å². The summed E-state index contributed by atoms with van der Waals surface area (Å²) in [5.74, 6) is 3.21. The molecule has 3 N–H and O–H groups in total. The van der Waals surface area contributed by atoms with Gasteiger partial charge in [-0.3, -0.25) is 0 Å². The fourth-order valence-corrected chi connectivity index (χ4v) is 0.540. The Labute approximate surface area is 55.8 Å². The third-order valence-corrected chi connectivity index (χ3v) is 0.907. The van der Waals surface area contributed by atoms with Gasteiger partial charge in [-0.05, 0) is 0 Å². The summed E-state index contributed by atoms with van der Waals surface area (Å²) in [5.41, 5.74) is 2.02. The topological polar surface area (TPSA) is 50.9 Å². The summed E-state index contributed by atoms with van der Waals surface area (Å²) in [6, 6.07) is 1.66. The summed E-state index contributed by atoms with van der Waals surface area (Å²) >= 11 is 0. The lowest BCUT2D eigenvalue weighted by molar-refractivity contribution is 0.553. The number of halogens is 2. The number of nitrogens with one attached hydrogen (secondary N) is 1. The Morgan fingerprint density at radius 3 is 2.60 bits per heavy atom. The van der Waals surface area contributed by atoms with Crippen molar-refractivity contribution in [2.24, 2.45) is 5.84 Å². The van der Waals surface area contributed by atoms with E-state index in [2.05, 4.69) is 4.98 Å². The van der Waals surface area contributed by atoms with Gasteiger partial charge >= 0.3 is 0 Å². The van der Waals surface area contributed by atoms with Crippen LogP contribution < -0.4 is 11.3 Å². The quantitative estimate of drug-likeness (QED) is 0.346. The van der Waals surface area contributed by atoms with Gasteiger partial charge in [-0.1, -0.05) is 0 Å². The third kappa shape index (κ3) is 1.38. The number of nitrogens with two attached hydrogens (primary N) is 1. The molecule has 0 radical (unpaired) electrons. The van der Waals surface area contributed by atoms with Gasteiger partial charge in [0.1, 0.15) is 11.6 Å². The lowest BCUT2D eigenvalue weighted by atomic mass is 10.4. The summed E-state index contributed by atoms with van der Waals surface area (Å²) in [7, 11) is 0. The number of aromatic nitrogens is 1. The Balaban J connectivity index is 3.06. The molecule has 0 amide bonds. The van der Waals surface area contributed by atoms with Crippen molar-refractivity contribution in [1.82, 2.24) is 4.98 Å². The Hall–Kier alpha value is -1.23. The summed E-state index contributed by atoms with van der Waals surface area (Å²) in [4.78, 5) is 3.21. The van der Waals surface area contributed by atoms with Crippen LogP contribution in [0.25, 0.3) is 0 Å². The second-order valence-corrected chi connectivity index (χ2v) is 1.64. The highest BCUT2D eigenvalue weighted by molar-refractivity contribution is 5.32. The molecule has 0 aliphatic heterocycles. The van der Waals surface area contributed by atoms with E-state index in [4.69, 9.17) is 5.84 Å². The minimum Gasteiger partial charge on any atom is -0.308 e. The SMILES string of the molecule is NNc1cc(F)cc(F)n1. The van der Waals surface area contributed by atoms with Crippen LogP contribution in [0.4, 0.5) is 14.6 Å². The van der Waals surface area contributed by atoms with Crippen molar-refractivity contribution in [1.29, 1.82) is 0 Å². The van der Waals surface area contributed by atoms with Crippen LogP contribution in [0.15, 0.2) is 12.1 Å². The number of pyridine rings is 1. The van der Waals surface area contributed by atoms with Crippen LogP contribution in [0, 0.1) is 11.8 Å². The Kier molecular flexibility index (Phi) is 1.77. The molecule has 1 aromatic rings. The van der Waals surface area contributed by atoms with Gasteiger partial charge in [0.25, 0.3) is 0 Å². The molecule has 0 aliphatic carbocycles. The second-order valence-electron chi connectivity index (χ2n) is 1.64. The van der Waals surface area contributed by atoms with E-state index in [9.17, 15) is 8.78 Å². The molecule has 0 unspecified atom stereocenters. The van der Waals surface area contributed by atoms with Crippen LogP contribution in [-0.2, 0) is 0 Å². The predicted molar refractivity (Wildman–Crippen MR) is 32.0 cm³/mol. The van der Waals surface area contributed by atoms with Gasteiger partial charge in [-0.15, -0.1) is 0 Å². The highest BCUT2D eigenvalue weighted by Gasteiger charge is 1.98. The maximum absolute atomic E-state index is 12.2. The van der Waals surface area contributed by atoms with E-state index in [0.717, 1.165) is 6.07 Å². The molecule has 0 bridgehead atoms. The van der Waals surface area contributed by atoms with Crippen LogP contribution in [0.5, 0.6) is 0 Å². The first-order valence-corrected chi connectivity index (χ1v) is 2.52. The van der Waals surface area contributed by atoms with Gasteiger partial charge in [0, 0.05) is 12.1 Å². The fourth-order valence-electron chi connectivity index (χ4n) is 0.540. The normalized spacial score (nSPS) is 9.50. The monoisotopic (exact) mass is 145 g/mol. The van der Waals surface area contributed by atoms with Crippen LogP contribution in [0.3, 0.4) is 0 Å². The zero-order valence-corrected chi connectivity index (χ0v) is 4.94. The van der Waals surface area contributed by atoms with Crippen LogP contribution in [-0.4, -0.2) is 4.98 Å². The third-order valence-electron chi connectivity index (χ3n) is 0.907. The lowest BCUT2D eigenvalue weighted by Gasteiger charge is -1.96. The van der Waals surface area contributed by atoms with Crippen molar-refractivity contribution in [2.45, 2.75) is 0 Å². The first kappa shape index (κ1) is 6.88. The van der Waals surface area contributed by atoms with E-state index in [1.165, 1.54) is 0 Å². The molecule has 0 saturated heterocycles. The van der Waals surface area contributed by atoms with Crippen LogP contribution in [0.2, 0.25) is 0 Å². The predicted octanol–water partition coefficient (Wildman–Crippen LogP) is 0.645. The molecule has 1 aromatic heterocycles. The summed E-state index contributed by atoms with van der Waals surface area (Å²) in [5, 5.41) is 0. The first-order chi connectivity index (χ1) is 4.72. The van der Waals surface area contributed by atoms with Crippen molar-refractivity contribution >= 4 is 5.82 Å². The van der Waals surface area contributed by atoms with E-state index in [-0.39, 0.29) is 5.82 Å². The molecule has 1 heterocycles. The minimum atomic E-state index is -0.895. The Morgan fingerprint density at radius 2 is 2.10 bits per heavy atom. The number of anilines is 1. The van der Waals surface area contributed by atoms with Gasteiger partial charge in [-0.25, -0.2) is 15.2 Å². The summed E-state index contributed by atoms with van der Waals surface area (Å²) < 4.78 is 24.4. The van der Waals surface area contributed by atoms with Crippen molar-refractivity contribution < 1.29 is 8.78 Å². The Bertz CT molecular complexity index is 218. The standard InChI is InChI=1S/C5H5F2N3/c6-3-1-4(7)9-5(2-3)10-8/h1-2H,8H2,(H,9,10). The largest absolute Gasteiger partial charge is 0.308 e. The number of nitrogens with zero attached hydrogens (tertiary/aromatic N) is 1.